The van der Waals surface area contributed by atoms with Crippen molar-refractivity contribution in [2.75, 3.05) is 12.0 Å². The van der Waals surface area contributed by atoms with Gasteiger partial charge in [-0.15, -0.1) is 11.3 Å². The van der Waals surface area contributed by atoms with Crippen LogP contribution in [0.1, 0.15) is 22.8 Å². The Labute approximate surface area is 126 Å². The fourth-order valence-electron chi connectivity index (χ4n) is 1.89. The van der Waals surface area contributed by atoms with Crippen LogP contribution in [0.3, 0.4) is 0 Å². The molecule has 2 rings (SSSR count). The van der Waals surface area contributed by atoms with E-state index in [0.29, 0.717) is 22.2 Å². The van der Waals surface area contributed by atoms with Gasteiger partial charge in [-0.3, -0.25) is 0 Å². The van der Waals surface area contributed by atoms with E-state index in [9.17, 15) is 4.79 Å². The molecule has 0 aliphatic carbocycles. The maximum Gasteiger partial charge on any atom is 0.341 e. The van der Waals surface area contributed by atoms with Crippen LogP contribution >= 0.6 is 22.9 Å². The molecule has 0 saturated carbocycles. The average molecular weight is 311 g/mol. The third-order valence-corrected chi connectivity index (χ3v) is 4.21. The zero-order valence-corrected chi connectivity index (χ0v) is 12.8. The fraction of sp³-hybridized carbons (Fsp3) is 0.214. The number of aryl methyl sites for hydroxylation is 1. The van der Waals surface area contributed by atoms with E-state index in [4.69, 9.17) is 22.2 Å². The van der Waals surface area contributed by atoms with Gasteiger partial charge in [0.15, 0.2) is 0 Å². The zero-order chi connectivity index (χ0) is 14.7. The maximum absolute atomic E-state index is 12.1. The minimum atomic E-state index is -0.385. The number of rotatable bonds is 4. The van der Waals surface area contributed by atoms with Gasteiger partial charge < -0.3 is 10.2 Å². The van der Waals surface area contributed by atoms with Crippen LogP contribution in [0.2, 0.25) is 5.02 Å². The number of hydrogen-bond acceptors (Lipinski definition) is 5. The second-order valence-corrected chi connectivity index (χ2v) is 5.47. The Morgan fingerprint density at radius 1 is 1.50 bits per heavy atom. The van der Waals surface area contributed by atoms with Gasteiger partial charge in [0.1, 0.15) is 10.6 Å². The molecular formula is C14H15ClN2O2S. The minimum Gasteiger partial charge on any atom is -0.462 e. The van der Waals surface area contributed by atoms with Crippen molar-refractivity contribution in [2.45, 2.75) is 13.8 Å². The highest BCUT2D eigenvalue weighted by Crippen LogP contribution is 2.36. The van der Waals surface area contributed by atoms with Crippen molar-refractivity contribution in [2.24, 2.45) is 5.84 Å². The molecule has 0 spiro atoms. The van der Waals surface area contributed by atoms with Gasteiger partial charge >= 0.3 is 5.97 Å². The molecule has 0 unspecified atom stereocenters. The SMILES string of the molecule is CCOC(=O)c1c(-c2ccc(Cl)c(C)c2)csc1NN. The van der Waals surface area contributed by atoms with Crippen LogP contribution in [0, 0.1) is 6.92 Å². The lowest BCUT2D eigenvalue weighted by molar-refractivity contribution is 0.0529. The molecular weight excluding hydrogens is 296 g/mol. The Bertz CT molecular complexity index is 640. The third kappa shape index (κ3) is 2.80. The monoisotopic (exact) mass is 310 g/mol. The Morgan fingerprint density at radius 2 is 2.25 bits per heavy atom. The molecule has 0 radical (unpaired) electrons. The summed E-state index contributed by atoms with van der Waals surface area (Å²) < 4.78 is 5.09. The number of hydrazine groups is 1. The van der Waals surface area contributed by atoms with E-state index in [0.717, 1.165) is 16.7 Å². The lowest BCUT2D eigenvalue weighted by Gasteiger charge is -2.08. The second-order valence-electron chi connectivity index (χ2n) is 4.18. The molecule has 0 aliphatic rings. The molecule has 0 aliphatic heterocycles. The van der Waals surface area contributed by atoms with Gasteiger partial charge in [-0.1, -0.05) is 17.7 Å². The van der Waals surface area contributed by atoms with Crippen molar-refractivity contribution in [3.63, 3.8) is 0 Å². The fourth-order valence-corrected chi connectivity index (χ4v) is 2.88. The number of nitrogen functional groups attached to an aromatic ring is 1. The van der Waals surface area contributed by atoms with Gasteiger partial charge in [0, 0.05) is 16.0 Å². The first-order chi connectivity index (χ1) is 9.58. The number of benzene rings is 1. The molecule has 2 aromatic rings. The molecule has 0 amide bonds. The first kappa shape index (κ1) is 14.8. The number of carbonyl (C=O) groups is 1. The lowest BCUT2D eigenvalue weighted by Crippen LogP contribution is -2.12. The predicted octanol–water partition coefficient (Wildman–Crippen LogP) is 3.84. The second kappa shape index (κ2) is 6.26. The van der Waals surface area contributed by atoms with Gasteiger partial charge in [-0.05, 0) is 37.1 Å². The van der Waals surface area contributed by atoms with Crippen LogP contribution in [-0.4, -0.2) is 12.6 Å². The number of hydrogen-bond donors (Lipinski definition) is 2. The summed E-state index contributed by atoms with van der Waals surface area (Å²) in [7, 11) is 0. The highest BCUT2D eigenvalue weighted by Gasteiger charge is 2.21. The summed E-state index contributed by atoms with van der Waals surface area (Å²) in [5.74, 6) is 5.08. The van der Waals surface area contributed by atoms with E-state index < -0.39 is 0 Å². The van der Waals surface area contributed by atoms with Crippen molar-refractivity contribution >= 4 is 33.9 Å². The smallest absolute Gasteiger partial charge is 0.341 e. The molecule has 20 heavy (non-hydrogen) atoms. The molecule has 1 aromatic heterocycles. The number of ether oxygens (including phenoxy) is 1. The van der Waals surface area contributed by atoms with Crippen molar-refractivity contribution in [1.82, 2.24) is 0 Å². The molecule has 0 atom stereocenters. The summed E-state index contributed by atoms with van der Waals surface area (Å²) in [6.07, 6.45) is 0. The van der Waals surface area contributed by atoms with E-state index in [1.807, 2.05) is 30.5 Å². The third-order valence-electron chi connectivity index (χ3n) is 2.87. The van der Waals surface area contributed by atoms with Crippen molar-refractivity contribution in [1.29, 1.82) is 0 Å². The van der Waals surface area contributed by atoms with Crippen LogP contribution < -0.4 is 11.3 Å². The summed E-state index contributed by atoms with van der Waals surface area (Å²) >= 11 is 7.40. The summed E-state index contributed by atoms with van der Waals surface area (Å²) in [6, 6.07) is 5.63. The van der Waals surface area contributed by atoms with E-state index >= 15 is 0 Å². The molecule has 3 N–H and O–H groups in total. The number of thiophene rings is 1. The van der Waals surface area contributed by atoms with E-state index in [1.165, 1.54) is 11.3 Å². The molecule has 1 aromatic carbocycles. The van der Waals surface area contributed by atoms with Gasteiger partial charge in [0.05, 0.1) is 6.61 Å². The van der Waals surface area contributed by atoms with E-state index in [-0.39, 0.29) is 5.97 Å². The zero-order valence-electron chi connectivity index (χ0n) is 11.2. The minimum absolute atomic E-state index is 0.317. The lowest BCUT2D eigenvalue weighted by atomic mass is 10.0. The van der Waals surface area contributed by atoms with Crippen LogP contribution in [0.5, 0.6) is 0 Å². The van der Waals surface area contributed by atoms with Gasteiger partial charge in [0.2, 0.25) is 0 Å². The van der Waals surface area contributed by atoms with Crippen LogP contribution in [0.15, 0.2) is 23.6 Å². The normalized spacial score (nSPS) is 10.4. The van der Waals surface area contributed by atoms with Gasteiger partial charge in [-0.25, -0.2) is 10.6 Å². The van der Waals surface area contributed by atoms with E-state index in [1.54, 1.807) is 6.92 Å². The number of halogens is 1. The Hall–Kier alpha value is -1.56. The topological polar surface area (TPSA) is 64.3 Å². The maximum atomic E-state index is 12.1. The van der Waals surface area contributed by atoms with Crippen molar-refractivity contribution < 1.29 is 9.53 Å². The molecule has 6 heteroatoms. The number of esters is 1. The Balaban J connectivity index is 2.53. The van der Waals surface area contributed by atoms with Crippen molar-refractivity contribution in [3.05, 3.63) is 39.7 Å². The van der Waals surface area contributed by atoms with Crippen LogP contribution in [0.25, 0.3) is 11.1 Å². The first-order valence-electron chi connectivity index (χ1n) is 6.10. The summed E-state index contributed by atoms with van der Waals surface area (Å²) in [5, 5.41) is 3.16. The van der Waals surface area contributed by atoms with Crippen LogP contribution in [0.4, 0.5) is 5.00 Å². The predicted molar refractivity (Wildman–Crippen MR) is 83.3 cm³/mol. The molecule has 106 valence electrons. The summed E-state index contributed by atoms with van der Waals surface area (Å²) in [6.45, 7) is 4.01. The Kier molecular flexibility index (Phi) is 4.65. The highest BCUT2D eigenvalue weighted by atomic mass is 35.5. The van der Waals surface area contributed by atoms with Gasteiger partial charge in [0.25, 0.3) is 0 Å². The summed E-state index contributed by atoms with van der Waals surface area (Å²) in [4.78, 5) is 12.1. The highest BCUT2D eigenvalue weighted by molar-refractivity contribution is 7.15. The summed E-state index contributed by atoms with van der Waals surface area (Å²) in [5.41, 5.74) is 5.66. The number of nitrogens with one attached hydrogen (secondary N) is 1. The molecule has 0 saturated heterocycles. The first-order valence-corrected chi connectivity index (χ1v) is 7.36. The average Bonchev–Trinajstić information content (AvgIpc) is 2.86. The van der Waals surface area contributed by atoms with Crippen LogP contribution in [-0.2, 0) is 4.74 Å². The number of anilines is 1. The standard InChI is InChI=1S/C14H15ClN2O2S/c1-3-19-14(18)12-10(7-20-13(12)17-16)9-4-5-11(15)8(2)6-9/h4-7,17H,3,16H2,1-2H3. The molecule has 1 heterocycles. The van der Waals surface area contributed by atoms with Crippen molar-refractivity contribution in [3.8, 4) is 11.1 Å². The Morgan fingerprint density at radius 3 is 2.85 bits per heavy atom. The van der Waals surface area contributed by atoms with Gasteiger partial charge in [-0.2, -0.15) is 0 Å². The quantitative estimate of drug-likeness (QED) is 0.511. The number of nitrogens with two attached hydrogens (primary N) is 1. The molecule has 0 fully saturated rings. The largest absolute Gasteiger partial charge is 0.462 e. The molecule has 0 bridgehead atoms. The number of carbonyl (C=O) groups excluding carboxylic acids is 1. The molecule has 4 nitrogen and oxygen atoms in total. The van der Waals surface area contributed by atoms with E-state index in [2.05, 4.69) is 5.43 Å².